The highest BCUT2D eigenvalue weighted by Gasteiger charge is 2.47. The number of carboxylic acid groups (broad SMARTS) is 1. The standard InChI is InChI=1S/C30H29F6N3O4.C28H24F6N2O4.C4H9NO.C2H7NO.CH2Cl2.ClH/c1-39(42-2)26(40)19-12-24(13-19)37-28(41)38-29(17-18-6-4-3-5-7-18,20-8-10-22(31)11-9-20)21-14-23(32)16-25(15-21)43-30(35,36)27(33)34;29-20-8-6-18(7-9-20)27(15-16-4-2-1-3-5-16,36-26(39)35-22-10-17(11-22)24(37)38)19-12-21(30)14-23(13-19)40-28(33,34)25(31)32;1-3-6-4-2-5-1;1-3-4-2;2-1-3;/h3-11,14-16,19,24,27H,12-13,17H2,1-2H3,(H2,37,38,41);1-9,12-14,17,22,25H,10-11,15H2,(H,37,38)(H2,35,36,39);5H,1-4H2;3H,1-2H3;1H2;1H/t19?,24?,29-;17?,22?,27-;;;;/m11..../s1. The third-order valence-corrected chi connectivity index (χ3v) is 15.0. The van der Waals surface area contributed by atoms with E-state index in [1.165, 1.54) is 38.4 Å². The molecule has 17 nitrogen and oxygen atoms in total. The van der Waals surface area contributed by atoms with E-state index >= 15 is 0 Å². The van der Waals surface area contributed by atoms with Crippen LogP contribution in [0.2, 0.25) is 0 Å². The van der Waals surface area contributed by atoms with E-state index in [1.807, 2.05) is 0 Å². The van der Waals surface area contributed by atoms with Crippen molar-refractivity contribution in [3.63, 3.8) is 0 Å². The lowest BCUT2D eigenvalue weighted by molar-refractivity contribution is -0.253. The lowest BCUT2D eigenvalue weighted by Gasteiger charge is -2.40. The summed E-state index contributed by atoms with van der Waals surface area (Å²) in [5.74, 6) is -7.60. The van der Waals surface area contributed by atoms with E-state index < -0.39 is 107 Å². The number of halogens is 15. The third-order valence-electron chi connectivity index (χ3n) is 15.0. The molecule has 0 radical (unpaired) electrons. The minimum Gasteiger partial charge on any atom is -0.481 e. The van der Waals surface area contributed by atoms with Gasteiger partial charge in [-0.3, -0.25) is 14.4 Å². The minimum atomic E-state index is -4.93. The van der Waals surface area contributed by atoms with Gasteiger partial charge in [-0.25, -0.2) is 37.7 Å². The predicted octanol–water partition coefficient (Wildman–Crippen LogP) is 12.9. The fourth-order valence-corrected chi connectivity index (χ4v) is 10.1. The van der Waals surface area contributed by atoms with Gasteiger partial charge in [-0.2, -0.15) is 35.1 Å². The zero-order valence-corrected chi connectivity index (χ0v) is 54.7. The highest BCUT2D eigenvalue weighted by Crippen LogP contribution is 2.41. The van der Waals surface area contributed by atoms with Gasteiger partial charge in [0.25, 0.3) is 0 Å². The molecule has 0 spiro atoms. The van der Waals surface area contributed by atoms with Gasteiger partial charge in [0.1, 0.15) is 34.8 Å². The van der Waals surface area contributed by atoms with Gasteiger partial charge in [-0.1, -0.05) is 84.9 Å². The van der Waals surface area contributed by atoms with Gasteiger partial charge in [0, 0.05) is 70.2 Å². The SMILES string of the molecule is C1COCCN1.CNOC.CON(C)C(=O)C1CC(NC(=O)N[C@](Cc2ccccc2)(c2ccc(F)cc2)c2cc(F)cc(OC(F)(F)C(F)F)c2)C1.Cl.ClCCl.O=C(NC1CC(C(=O)O)C1)N[C@](Cc1ccccc1)(c1ccc(F)cc1)c1cc(F)cc(OC(F)(F)C(F)F)c1. The fraction of sp³-hybridized carbons (Fsp3) is 0.385. The molecule has 5 amide bonds. The van der Waals surface area contributed by atoms with E-state index in [4.69, 9.17) is 37.9 Å². The smallest absolute Gasteiger partial charge is 0.461 e. The predicted molar refractivity (Wildman–Crippen MR) is 338 cm³/mol. The highest BCUT2D eigenvalue weighted by atomic mass is 35.5. The molecule has 7 N–H and O–H groups in total. The Morgan fingerprint density at radius 2 is 0.948 bits per heavy atom. The summed E-state index contributed by atoms with van der Waals surface area (Å²) in [5.41, 5.74) is 0.275. The van der Waals surface area contributed by atoms with Crippen molar-refractivity contribution in [3.8, 4) is 11.5 Å². The second-order valence-corrected chi connectivity index (χ2v) is 22.4. The maximum Gasteiger partial charge on any atom is 0.461 e. The third kappa shape index (κ3) is 24.6. The molecule has 2 atom stereocenters. The fourth-order valence-electron chi connectivity index (χ4n) is 10.1. The van der Waals surface area contributed by atoms with Crippen LogP contribution in [0.25, 0.3) is 0 Å². The van der Waals surface area contributed by atoms with E-state index in [-0.39, 0.29) is 77.5 Å². The van der Waals surface area contributed by atoms with Crippen molar-refractivity contribution >= 4 is 59.5 Å². The molecule has 32 heteroatoms. The van der Waals surface area contributed by atoms with Crippen molar-refractivity contribution in [1.29, 1.82) is 0 Å². The van der Waals surface area contributed by atoms with Crippen LogP contribution in [-0.2, 0) is 47.9 Å². The first-order valence-electron chi connectivity index (χ1n) is 29.3. The monoisotopic (exact) mass is 1440 g/mol. The van der Waals surface area contributed by atoms with E-state index in [2.05, 4.69) is 46.4 Å². The molecule has 3 fully saturated rings. The molecule has 1 heterocycles. The number of urea groups is 2. The molecule has 6 aromatic rings. The molecule has 0 aromatic heterocycles. The number of ether oxygens (including phenoxy) is 3. The summed E-state index contributed by atoms with van der Waals surface area (Å²) in [6.07, 6.45) is -17.5. The maximum atomic E-state index is 14.9. The number of carboxylic acids is 1. The molecule has 2 saturated carbocycles. The number of hydroxylamine groups is 3. The van der Waals surface area contributed by atoms with Crippen LogP contribution in [0.1, 0.15) is 59.1 Å². The van der Waals surface area contributed by atoms with Gasteiger partial charge in [0.05, 0.1) is 49.8 Å². The number of carbonyl (C=O) groups excluding carboxylic acids is 3. The van der Waals surface area contributed by atoms with Gasteiger partial charge in [0.2, 0.25) is 5.91 Å². The second kappa shape index (κ2) is 39.0. The number of carbonyl (C=O) groups is 4. The summed E-state index contributed by atoms with van der Waals surface area (Å²) >= 11 is 9.53. The minimum absolute atomic E-state index is 0. The van der Waals surface area contributed by atoms with Gasteiger partial charge in [-0.05, 0) is 108 Å². The quantitative estimate of drug-likeness (QED) is 0.0192. The Morgan fingerprint density at radius 1 is 0.588 bits per heavy atom. The van der Waals surface area contributed by atoms with Crippen LogP contribution < -0.4 is 41.5 Å². The topological polar surface area (TPSA) is 210 Å². The Hall–Kier alpha value is -7.77. The normalized spacial score (nSPS) is 17.5. The van der Waals surface area contributed by atoms with Crippen molar-refractivity contribution in [2.45, 2.75) is 86.8 Å². The molecule has 532 valence electrons. The Labute approximate surface area is 567 Å². The Morgan fingerprint density at radius 3 is 1.25 bits per heavy atom. The number of aliphatic carboxylic acids is 1. The second-order valence-electron chi connectivity index (χ2n) is 21.6. The van der Waals surface area contributed by atoms with Crippen LogP contribution in [-0.4, -0.2) is 131 Å². The Bertz CT molecular complexity index is 3380. The van der Waals surface area contributed by atoms with Gasteiger partial charge in [-0.15, -0.1) is 35.6 Å². The number of nitrogens with one attached hydrogen (secondary N) is 6. The number of hydrogen-bond acceptors (Lipinski definition) is 11. The van der Waals surface area contributed by atoms with Crippen LogP contribution in [0.5, 0.6) is 11.5 Å². The highest BCUT2D eigenvalue weighted by molar-refractivity contribution is 6.40. The van der Waals surface area contributed by atoms with Crippen LogP contribution in [0.15, 0.2) is 146 Å². The summed E-state index contributed by atoms with van der Waals surface area (Å²) < 4.78 is 178. The number of morpholine rings is 1. The molecule has 0 unspecified atom stereocenters. The van der Waals surface area contributed by atoms with Crippen LogP contribution in [0.4, 0.5) is 62.3 Å². The van der Waals surface area contributed by atoms with Crippen molar-refractivity contribution in [1.82, 2.24) is 37.1 Å². The van der Waals surface area contributed by atoms with Gasteiger partial charge in [0.15, 0.2) is 0 Å². The molecule has 97 heavy (non-hydrogen) atoms. The number of alkyl halides is 10. The molecule has 1 saturated heterocycles. The molecule has 0 bridgehead atoms. The Balaban J connectivity index is 0.000000345. The maximum absolute atomic E-state index is 14.9. The lowest BCUT2D eigenvalue weighted by atomic mass is 9.77. The molecule has 1 aliphatic heterocycles. The first-order chi connectivity index (χ1) is 45.5. The van der Waals surface area contributed by atoms with E-state index in [9.17, 15) is 71.9 Å². The van der Waals surface area contributed by atoms with Gasteiger partial charge < -0.3 is 50.7 Å². The largest absolute Gasteiger partial charge is 0.481 e. The molecule has 9 rings (SSSR count). The summed E-state index contributed by atoms with van der Waals surface area (Å²) in [4.78, 5) is 59.4. The molecule has 3 aliphatic rings. The van der Waals surface area contributed by atoms with Crippen molar-refractivity contribution in [3.05, 3.63) is 202 Å². The number of benzene rings is 6. The summed E-state index contributed by atoms with van der Waals surface area (Å²) in [6.45, 7) is 3.83. The first-order valence-corrected chi connectivity index (χ1v) is 30.3. The van der Waals surface area contributed by atoms with Crippen LogP contribution in [0.3, 0.4) is 0 Å². The zero-order chi connectivity index (χ0) is 70.8. The Kier molecular flexibility index (Phi) is 32.8. The summed E-state index contributed by atoms with van der Waals surface area (Å²) in [6, 6.07) is 28.9. The molecular weight excluding hydrogens is 1370 g/mol. The average Bonchev–Trinajstić information content (AvgIpc) is 0.801. The van der Waals surface area contributed by atoms with Crippen LogP contribution in [0, 0.1) is 35.1 Å². The van der Waals surface area contributed by atoms with Crippen molar-refractivity contribution in [2.24, 2.45) is 11.8 Å². The van der Waals surface area contributed by atoms with Crippen molar-refractivity contribution in [2.75, 3.05) is 60.0 Å². The number of amides is 5. The van der Waals surface area contributed by atoms with E-state index in [0.717, 1.165) is 79.9 Å². The molecular formula is C65H72Cl3F12N7O10. The van der Waals surface area contributed by atoms with E-state index in [0.29, 0.717) is 36.1 Å². The van der Waals surface area contributed by atoms with Crippen molar-refractivity contribution < 1.29 is 101 Å². The molecule has 2 aliphatic carbocycles. The molecule has 6 aromatic carbocycles. The summed E-state index contributed by atoms with van der Waals surface area (Å²) in [7, 11) is 6.09. The van der Waals surface area contributed by atoms with Crippen LogP contribution >= 0.6 is 35.6 Å². The average molecular weight is 1450 g/mol. The number of nitrogens with zero attached hydrogens (tertiary/aromatic N) is 1. The number of hydrogen-bond donors (Lipinski definition) is 7. The summed E-state index contributed by atoms with van der Waals surface area (Å²) in [5, 5.41) is 24.5. The van der Waals surface area contributed by atoms with E-state index in [1.54, 1.807) is 74.8 Å². The lowest BCUT2D eigenvalue weighted by Crippen LogP contribution is -2.57. The number of rotatable bonds is 22. The first kappa shape index (κ1) is 81.7. The van der Waals surface area contributed by atoms with Gasteiger partial charge >= 0.3 is 43.1 Å². The zero-order valence-electron chi connectivity index (χ0n) is 52.4.